The van der Waals surface area contributed by atoms with Crippen molar-refractivity contribution in [1.82, 2.24) is 4.98 Å². The second-order valence-corrected chi connectivity index (χ2v) is 3.97. The zero-order chi connectivity index (χ0) is 12.8. The Kier molecular flexibility index (Phi) is 4.75. The number of nitrogens with two attached hydrogens (primary N) is 1. The summed E-state index contributed by atoms with van der Waals surface area (Å²) in [6, 6.07) is 4.23. The largest absolute Gasteiger partial charge is 0.409 e. The van der Waals surface area contributed by atoms with Crippen LogP contribution in [0.3, 0.4) is 0 Å². The van der Waals surface area contributed by atoms with E-state index in [9.17, 15) is 0 Å². The Balaban J connectivity index is 2.99. The molecule has 0 aliphatic heterocycles. The number of rotatable bonds is 5. The van der Waals surface area contributed by atoms with Gasteiger partial charge in [-0.1, -0.05) is 19.0 Å². The van der Waals surface area contributed by atoms with Crippen LogP contribution in [0.1, 0.15) is 32.4 Å². The summed E-state index contributed by atoms with van der Waals surface area (Å²) in [6.07, 6.45) is 3.82. The van der Waals surface area contributed by atoms with Gasteiger partial charge in [-0.15, -0.1) is 0 Å². The predicted octanol–water partition coefficient (Wildman–Crippen LogP) is 1.80. The van der Waals surface area contributed by atoms with E-state index >= 15 is 0 Å². The number of hydrogen-bond donors (Lipinski definition) is 2. The molecule has 1 heterocycles. The van der Waals surface area contributed by atoms with Crippen LogP contribution in [-0.2, 0) is 0 Å². The molecule has 0 aromatic carbocycles. The maximum Gasteiger partial charge on any atom is 0.188 e. The Labute approximate surface area is 102 Å². The van der Waals surface area contributed by atoms with Crippen molar-refractivity contribution < 1.29 is 5.21 Å². The van der Waals surface area contributed by atoms with Crippen molar-refractivity contribution in [3.63, 3.8) is 0 Å². The lowest BCUT2D eigenvalue weighted by Gasteiger charge is -2.28. The van der Waals surface area contributed by atoms with E-state index in [0.29, 0.717) is 11.7 Å². The maximum atomic E-state index is 8.63. The molecule has 1 aromatic heterocycles. The molecule has 17 heavy (non-hydrogen) atoms. The number of pyridine rings is 1. The molecule has 1 rings (SSSR count). The van der Waals surface area contributed by atoms with Gasteiger partial charge in [0.2, 0.25) is 0 Å². The van der Waals surface area contributed by atoms with E-state index in [1.54, 1.807) is 6.20 Å². The molecule has 5 nitrogen and oxygen atoms in total. The average molecular weight is 236 g/mol. The summed E-state index contributed by atoms with van der Waals surface area (Å²) in [5, 5.41) is 11.6. The van der Waals surface area contributed by atoms with Gasteiger partial charge >= 0.3 is 0 Å². The van der Waals surface area contributed by atoms with Gasteiger partial charge in [0.1, 0.15) is 5.69 Å². The maximum absolute atomic E-state index is 8.63. The number of amidine groups is 1. The van der Waals surface area contributed by atoms with Gasteiger partial charge in [0, 0.05) is 25.0 Å². The Bertz CT molecular complexity index is 388. The van der Waals surface area contributed by atoms with E-state index in [-0.39, 0.29) is 5.84 Å². The van der Waals surface area contributed by atoms with Gasteiger partial charge in [0.15, 0.2) is 5.84 Å². The van der Waals surface area contributed by atoms with Crippen LogP contribution in [0.5, 0.6) is 0 Å². The minimum atomic E-state index is 0.0322. The van der Waals surface area contributed by atoms with E-state index in [4.69, 9.17) is 10.9 Å². The van der Waals surface area contributed by atoms with Crippen molar-refractivity contribution in [1.29, 1.82) is 0 Å². The second kappa shape index (κ2) is 6.08. The first-order valence-electron chi connectivity index (χ1n) is 5.80. The SMILES string of the molecule is CCC(CC)N(C)c1ccnc(C(N)=NO)c1. The van der Waals surface area contributed by atoms with Crippen molar-refractivity contribution in [2.75, 3.05) is 11.9 Å². The first-order chi connectivity index (χ1) is 8.13. The smallest absolute Gasteiger partial charge is 0.188 e. The standard InChI is InChI=1S/C12H20N4O/c1-4-9(5-2)16(3)10-6-7-14-11(8-10)12(13)15-17/h6-9,17H,4-5H2,1-3H3,(H2,13,15). The van der Waals surface area contributed by atoms with Gasteiger partial charge < -0.3 is 15.8 Å². The molecule has 3 N–H and O–H groups in total. The molecule has 0 fully saturated rings. The average Bonchev–Trinajstić information content (AvgIpc) is 2.39. The summed E-state index contributed by atoms with van der Waals surface area (Å²) in [4.78, 5) is 6.25. The Morgan fingerprint density at radius 3 is 2.71 bits per heavy atom. The Morgan fingerprint density at radius 2 is 2.18 bits per heavy atom. The number of aromatic nitrogens is 1. The summed E-state index contributed by atoms with van der Waals surface area (Å²) in [5.74, 6) is 0.0322. The minimum Gasteiger partial charge on any atom is -0.409 e. The molecule has 5 heteroatoms. The normalized spacial score (nSPS) is 11.9. The van der Waals surface area contributed by atoms with E-state index < -0.39 is 0 Å². The highest BCUT2D eigenvalue weighted by Gasteiger charge is 2.12. The number of oxime groups is 1. The first-order valence-corrected chi connectivity index (χ1v) is 5.80. The fourth-order valence-electron chi connectivity index (χ4n) is 1.88. The lowest BCUT2D eigenvalue weighted by Crippen LogP contribution is -2.30. The van der Waals surface area contributed by atoms with E-state index in [0.717, 1.165) is 18.5 Å². The van der Waals surface area contributed by atoms with Gasteiger partial charge in [-0.25, -0.2) is 0 Å². The molecular formula is C12H20N4O. The summed E-state index contributed by atoms with van der Waals surface area (Å²) in [7, 11) is 2.04. The lowest BCUT2D eigenvalue weighted by molar-refractivity contribution is 0.318. The molecule has 0 aliphatic carbocycles. The van der Waals surface area contributed by atoms with Crippen LogP contribution in [0.15, 0.2) is 23.5 Å². The quantitative estimate of drug-likeness (QED) is 0.354. The lowest BCUT2D eigenvalue weighted by atomic mass is 10.1. The third-order valence-corrected chi connectivity index (χ3v) is 3.01. The fraction of sp³-hybridized carbons (Fsp3) is 0.500. The molecule has 0 aliphatic rings. The number of nitrogens with zero attached hydrogens (tertiary/aromatic N) is 3. The van der Waals surface area contributed by atoms with E-state index in [1.165, 1.54) is 0 Å². The van der Waals surface area contributed by atoms with Crippen LogP contribution in [-0.4, -0.2) is 29.1 Å². The molecule has 0 saturated heterocycles. The molecule has 0 bridgehead atoms. The molecule has 1 aromatic rings. The zero-order valence-corrected chi connectivity index (χ0v) is 10.6. The van der Waals surface area contributed by atoms with Crippen LogP contribution in [0.2, 0.25) is 0 Å². The zero-order valence-electron chi connectivity index (χ0n) is 10.6. The molecule has 0 atom stereocenters. The highest BCUT2D eigenvalue weighted by atomic mass is 16.4. The predicted molar refractivity (Wildman–Crippen MR) is 69.5 cm³/mol. The van der Waals surface area contributed by atoms with Gasteiger partial charge in [-0.2, -0.15) is 0 Å². The topological polar surface area (TPSA) is 74.7 Å². The Morgan fingerprint density at radius 1 is 1.53 bits per heavy atom. The molecule has 94 valence electrons. The van der Waals surface area contributed by atoms with Crippen LogP contribution < -0.4 is 10.6 Å². The van der Waals surface area contributed by atoms with Crippen LogP contribution in [0.25, 0.3) is 0 Å². The van der Waals surface area contributed by atoms with Gasteiger partial charge in [0.05, 0.1) is 0 Å². The first kappa shape index (κ1) is 13.3. The van der Waals surface area contributed by atoms with Crippen LogP contribution >= 0.6 is 0 Å². The summed E-state index contributed by atoms with van der Waals surface area (Å²) in [5.41, 5.74) is 7.04. The molecule has 0 spiro atoms. The van der Waals surface area contributed by atoms with Gasteiger partial charge in [-0.3, -0.25) is 4.98 Å². The molecule has 0 unspecified atom stereocenters. The molecule has 0 radical (unpaired) electrons. The van der Waals surface area contributed by atoms with Crippen molar-refractivity contribution in [2.45, 2.75) is 32.7 Å². The second-order valence-electron chi connectivity index (χ2n) is 3.97. The van der Waals surface area contributed by atoms with Crippen LogP contribution in [0, 0.1) is 0 Å². The Hall–Kier alpha value is -1.78. The van der Waals surface area contributed by atoms with Crippen molar-refractivity contribution in [3.05, 3.63) is 24.0 Å². The van der Waals surface area contributed by atoms with Gasteiger partial charge in [0.25, 0.3) is 0 Å². The van der Waals surface area contributed by atoms with E-state index in [2.05, 4.69) is 28.9 Å². The van der Waals surface area contributed by atoms with Crippen molar-refractivity contribution >= 4 is 11.5 Å². The van der Waals surface area contributed by atoms with Crippen molar-refractivity contribution in [3.8, 4) is 0 Å². The van der Waals surface area contributed by atoms with Crippen LogP contribution in [0.4, 0.5) is 5.69 Å². The highest BCUT2D eigenvalue weighted by molar-refractivity contribution is 5.95. The molecule has 0 saturated carbocycles. The van der Waals surface area contributed by atoms with E-state index in [1.807, 2.05) is 19.2 Å². The number of hydrogen-bond acceptors (Lipinski definition) is 4. The third-order valence-electron chi connectivity index (χ3n) is 3.01. The summed E-state index contributed by atoms with van der Waals surface area (Å²) in [6.45, 7) is 4.33. The van der Waals surface area contributed by atoms with Crippen molar-refractivity contribution in [2.24, 2.45) is 10.9 Å². The summed E-state index contributed by atoms with van der Waals surface area (Å²) >= 11 is 0. The minimum absolute atomic E-state index is 0.0322. The fourth-order valence-corrected chi connectivity index (χ4v) is 1.88. The molecule has 0 amide bonds. The molecular weight excluding hydrogens is 216 g/mol. The highest BCUT2D eigenvalue weighted by Crippen LogP contribution is 2.18. The third kappa shape index (κ3) is 3.09. The van der Waals surface area contributed by atoms with Gasteiger partial charge in [-0.05, 0) is 25.0 Å². The number of anilines is 1. The monoisotopic (exact) mass is 236 g/mol. The summed E-state index contributed by atoms with van der Waals surface area (Å²) < 4.78 is 0.